The summed E-state index contributed by atoms with van der Waals surface area (Å²) < 4.78 is 0. The molecule has 0 spiro atoms. The van der Waals surface area contributed by atoms with Gasteiger partial charge in [-0.25, -0.2) is 0 Å². The van der Waals surface area contributed by atoms with Gasteiger partial charge in [-0.2, -0.15) is 0 Å². The fourth-order valence-electron chi connectivity index (χ4n) is 3.96. The van der Waals surface area contributed by atoms with Crippen LogP contribution in [-0.4, -0.2) is 19.1 Å². The lowest BCUT2D eigenvalue weighted by atomic mass is 9.95. The number of nitrogens with zero attached hydrogens (tertiary/aromatic N) is 1. The highest BCUT2D eigenvalue weighted by molar-refractivity contribution is 5.94. The summed E-state index contributed by atoms with van der Waals surface area (Å²) in [6, 6.07) is 15.8. The van der Waals surface area contributed by atoms with Crippen LogP contribution in [0.4, 0.5) is 5.69 Å². The minimum absolute atomic E-state index is 0.475. The molecular formula is C19H26N2. The summed E-state index contributed by atoms with van der Waals surface area (Å²) in [5.74, 6) is 0.758. The average Bonchev–Trinajstić information content (AvgIpc) is 3.06. The molecule has 1 aliphatic carbocycles. The number of hydrogen-bond donors (Lipinski definition) is 1. The first kappa shape index (κ1) is 14.4. The highest BCUT2D eigenvalue weighted by Gasteiger charge is 2.28. The standard InChI is InChI=1S/C19H26N2/c1-2-21(19(14-20)16-9-3-4-10-16)18-13-7-11-15-8-5-6-12-17(15)18/h5-8,11-13,16,19H,2-4,9-10,14,20H2,1H3. The zero-order chi connectivity index (χ0) is 14.7. The first-order chi connectivity index (χ1) is 10.3. The monoisotopic (exact) mass is 282 g/mol. The first-order valence-corrected chi connectivity index (χ1v) is 8.29. The van der Waals surface area contributed by atoms with Gasteiger partial charge in [0.1, 0.15) is 0 Å². The predicted molar refractivity (Wildman–Crippen MR) is 91.8 cm³/mol. The molecule has 0 saturated heterocycles. The van der Waals surface area contributed by atoms with Crippen molar-refractivity contribution in [2.24, 2.45) is 11.7 Å². The maximum atomic E-state index is 6.17. The first-order valence-electron chi connectivity index (χ1n) is 8.29. The second-order valence-corrected chi connectivity index (χ2v) is 6.13. The summed E-state index contributed by atoms with van der Waals surface area (Å²) in [5, 5.41) is 2.66. The highest BCUT2D eigenvalue weighted by atomic mass is 15.2. The largest absolute Gasteiger partial charge is 0.367 e. The van der Waals surface area contributed by atoms with Gasteiger partial charge in [0.2, 0.25) is 0 Å². The molecule has 0 aromatic heterocycles. The summed E-state index contributed by atoms with van der Waals surface area (Å²) >= 11 is 0. The SMILES string of the molecule is CCN(c1cccc2ccccc12)C(CN)C1CCCC1. The van der Waals surface area contributed by atoms with Gasteiger partial charge >= 0.3 is 0 Å². The van der Waals surface area contributed by atoms with E-state index in [2.05, 4.69) is 54.3 Å². The molecule has 0 heterocycles. The fraction of sp³-hybridized carbons (Fsp3) is 0.474. The molecule has 0 radical (unpaired) electrons. The van der Waals surface area contributed by atoms with Crippen molar-refractivity contribution in [1.82, 2.24) is 0 Å². The lowest BCUT2D eigenvalue weighted by molar-refractivity contribution is 0.413. The molecule has 0 aliphatic heterocycles. The van der Waals surface area contributed by atoms with Gasteiger partial charge in [-0.1, -0.05) is 49.2 Å². The van der Waals surface area contributed by atoms with E-state index < -0.39 is 0 Å². The number of fused-ring (bicyclic) bond motifs is 1. The molecule has 21 heavy (non-hydrogen) atoms. The van der Waals surface area contributed by atoms with E-state index in [4.69, 9.17) is 5.73 Å². The van der Waals surface area contributed by atoms with E-state index in [1.54, 1.807) is 0 Å². The number of benzene rings is 2. The minimum atomic E-state index is 0.475. The Bertz CT molecular complexity index is 582. The predicted octanol–water partition coefficient (Wildman–Crippen LogP) is 4.18. The maximum absolute atomic E-state index is 6.17. The van der Waals surface area contributed by atoms with Crippen LogP contribution in [0.3, 0.4) is 0 Å². The van der Waals surface area contributed by atoms with Gasteiger partial charge in [0.05, 0.1) is 0 Å². The molecule has 1 unspecified atom stereocenters. The van der Waals surface area contributed by atoms with Gasteiger partial charge in [0.25, 0.3) is 0 Å². The Labute approximate surface area is 127 Å². The normalized spacial score (nSPS) is 17.2. The molecule has 112 valence electrons. The summed E-state index contributed by atoms with van der Waals surface area (Å²) in [4.78, 5) is 2.54. The van der Waals surface area contributed by atoms with Gasteiger partial charge in [-0.15, -0.1) is 0 Å². The van der Waals surface area contributed by atoms with Crippen molar-refractivity contribution >= 4 is 16.5 Å². The topological polar surface area (TPSA) is 29.3 Å². The lowest BCUT2D eigenvalue weighted by Crippen LogP contribution is -2.45. The van der Waals surface area contributed by atoms with Crippen LogP contribution in [-0.2, 0) is 0 Å². The third-order valence-electron chi connectivity index (χ3n) is 5.00. The second-order valence-electron chi connectivity index (χ2n) is 6.13. The Balaban J connectivity index is 2.00. The van der Waals surface area contributed by atoms with Crippen LogP contribution in [0.1, 0.15) is 32.6 Å². The summed E-state index contributed by atoms with van der Waals surface area (Å²) in [6.07, 6.45) is 5.41. The molecule has 2 aromatic rings. The molecule has 3 rings (SSSR count). The molecule has 2 N–H and O–H groups in total. The zero-order valence-corrected chi connectivity index (χ0v) is 13.0. The summed E-state index contributed by atoms with van der Waals surface area (Å²) in [7, 11) is 0. The van der Waals surface area contributed by atoms with Gasteiger partial charge < -0.3 is 10.6 Å². The van der Waals surface area contributed by atoms with Crippen LogP contribution >= 0.6 is 0 Å². The molecule has 2 heteroatoms. The summed E-state index contributed by atoms with van der Waals surface area (Å²) in [5.41, 5.74) is 7.51. The Morgan fingerprint density at radius 2 is 1.81 bits per heavy atom. The van der Waals surface area contributed by atoms with Crippen molar-refractivity contribution in [3.63, 3.8) is 0 Å². The van der Waals surface area contributed by atoms with E-state index in [0.29, 0.717) is 6.04 Å². The van der Waals surface area contributed by atoms with E-state index in [9.17, 15) is 0 Å². The molecule has 2 aromatic carbocycles. The van der Waals surface area contributed by atoms with Crippen molar-refractivity contribution in [2.45, 2.75) is 38.6 Å². The smallest absolute Gasteiger partial charge is 0.0448 e. The molecule has 2 nitrogen and oxygen atoms in total. The number of anilines is 1. The van der Waals surface area contributed by atoms with E-state index in [1.807, 2.05) is 0 Å². The Morgan fingerprint density at radius 3 is 2.52 bits per heavy atom. The van der Waals surface area contributed by atoms with Crippen LogP contribution in [0, 0.1) is 5.92 Å². The van der Waals surface area contributed by atoms with Crippen LogP contribution < -0.4 is 10.6 Å². The second kappa shape index (κ2) is 6.48. The quantitative estimate of drug-likeness (QED) is 0.891. The fourth-order valence-corrected chi connectivity index (χ4v) is 3.96. The van der Waals surface area contributed by atoms with Gasteiger partial charge in [0.15, 0.2) is 0 Å². The van der Waals surface area contributed by atoms with Crippen molar-refractivity contribution < 1.29 is 0 Å². The maximum Gasteiger partial charge on any atom is 0.0448 e. The van der Waals surface area contributed by atoms with E-state index in [-0.39, 0.29) is 0 Å². The Hall–Kier alpha value is -1.54. The molecule has 1 atom stereocenters. The van der Waals surface area contributed by atoms with Gasteiger partial charge in [0, 0.05) is 30.2 Å². The van der Waals surface area contributed by atoms with Crippen LogP contribution in [0.5, 0.6) is 0 Å². The third-order valence-corrected chi connectivity index (χ3v) is 5.00. The Kier molecular flexibility index (Phi) is 4.45. The minimum Gasteiger partial charge on any atom is -0.367 e. The van der Waals surface area contributed by atoms with Gasteiger partial charge in [-0.3, -0.25) is 0 Å². The van der Waals surface area contributed by atoms with E-state index >= 15 is 0 Å². The zero-order valence-electron chi connectivity index (χ0n) is 13.0. The van der Waals surface area contributed by atoms with E-state index in [0.717, 1.165) is 19.0 Å². The number of rotatable bonds is 5. The van der Waals surface area contributed by atoms with Crippen LogP contribution in [0.2, 0.25) is 0 Å². The van der Waals surface area contributed by atoms with Gasteiger partial charge in [-0.05, 0) is 37.1 Å². The van der Waals surface area contributed by atoms with Crippen molar-refractivity contribution in [1.29, 1.82) is 0 Å². The Morgan fingerprint density at radius 1 is 1.10 bits per heavy atom. The number of likely N-dealkylation sites (N-methyl/N-ethyl adjacent to an activating group) is 1. The number of hydrogen-bond acceptors (Lipinski definition) is 2. The van der Waals surface area contributed by atoms with Crippen molar-refractivity contribution in [2.75, 3.05) is 18.0 Å². The highest BCUT2D eigenvalue weighted by Crippen LogP contribution is 2.34. The molecule has 0 bridgehead atoms. The van der Waals surface area contributed by atoms with Crippen LogP contribution in [0.15, 0.2) is 42.5 Å². The van der Waals surface area contributed by atoms with E-state index in [1.165, 1.54) is 42.1 Å². The lowest BCUT2D eigenvalue weighted by Gasteiger charge is -2.36. The molecule has 0 amide bonds. The molecule has 1 aliphatic rings. The molecule has 1 fully saturated rings. The third kappa shape index (κ3) is 2.77. The average molecular weight is 282 g/mol. The van der Waals surface area contributed by atoms with Crippen LogP contribution in [0.25, 0.3) is 10.8 Å². The van der Waals surface area contributed by atoms with Crippen molar-refractivity contribution in [3.05, 3.63) is 42.5 Å². The van der Waals surface area contributed by atoms with Crippen molar-refractivity contribution in [3.8, 4) is 0 Å². The number of nitrogens with two attached hydrogens (primary N) is 1. The summed E-state index contributed by atoms with van der Waals surface area (Å²) in [6.45, 7) is 4.02. The molecular weight excluding hydrogens is 256 g/mol. The molecule has 1 saturated carbocycles.